The van der Waals surface area contributed by atoms with Gasteiger partial charge >= 0.3 is 0 Å². The topological polar surface area (TPSA) is 69.2 Å². The number of benzene rings is 1. The zero-order valence-corrected chi connectivity index (χ0v) is 17.1. The van der Waals surface area contributed by atoms with E-state index in [0.717, 1.165) is 17.0 Å². The first kappa shape index (κ1) is 23.5. The second-order valence-corrected chi connectivity index (χ2v) is 6.13. The maximum absolute atomic E-state index is 10.1. The quantitative estimate of drug-likeness (QED) is 0.589. The number of ether oxygens (including phenoxy) is 4. The Hall–Kier alpha value is -1.57. The Balaban J connectivity index is 0.00000364. The Bertz CT molecular complexity index is 637. The first-order valence-corrected chi connectivity index (χ1v) is 8.77. The average Bonchev–Trinajstić information content (AvgIpc) is 2.65. The van der Waals surface area contributed by atoms with E-state index in [0.29, 0.717) is 13.2 Å². The number of methoxy groups -OCH3 is 2. The fraction of sp³-hybridized carbons (Fsp3) is 0.500. The minimum atomic E-state index is -0.929. The van der Waals surface area contributed by atoms with Gasteiger partial charge in [0.1, 0.15) is 24.6 Å². The third kappa shape index (κ3) is 6.52. The summed E-state index contributed by atoms with van der Waals surface area (Å²) in [4.78, 5) is 0. The molecule has 2 N–H and O–H groups in total. The molecule has 0 fully saturated rings. The van der Waals surface area contributed by atoms with Crippen LogP contribution in [0.2, 0.25) is 0 Å². The highest BCUT2D eigenvalue weighted by Crippen LogP contribution is 2.27. The van der Waals surface area contributed by atoms with E-state index in [9.17, 15) is 5.11 Å². The first-order valence-electron chi connectivity index (χ1n) is 8.77. The molecule has 7 heteroatoms. The maximum atomic E-state index is 10.1. The van der Waals surface area contributed by atoms with Gasteiger partial charge < -0.3 is 29.4 Å². The van der Waals surface area contributed by atoms with Gasteiger partial charge in [-0.15, -0.1) is 12.4 Å². The van der Waals surface area contributed by atoms with Crippen molar-refractivity contribution >= 4 is 12.4 Å². The molecular formula is C20H30ClNO5. The van der Waals surface area contributed by atoms with E-state index in [4.69, 9.17) is 18.9 Å². The Kier molecular flexibility index (Phi) is 9.83. The fourth-order valence-electron chi connectivity index (χ4n) is 2.78. The van der Waals surface area contributed by atoms with Gasteiger partial charge in [0.15, 0.2) is 0 Å². The lowest BCUT2D eigenvalue weighted by Crippen LogP contribution is -2.47. The van der Waals surface area contributed by atoms with Gasteiger partial charge in [0, 0.05) is 33.1 Å². The summed E-state index contributed by atoms with van der Waals surface area (Å²) in [5.74, 6) is -0.177. The van der Waals surface area contributed by atoms with Crippen LogP contribution in [0.5, 0.6) is 5.75 Å². The highest BCUT2D eigenvalue weighted by molar-refractivity contribution is 5.85. The number of hydrogen-bond acceptors (Lipinski definition) is 6. The van der Waals surface area contributed by atoms with Gasteiger partial charge in [0.2, 0.25) is 5.79 Å². The SMILES string of the molecule is CCOC1(OC)C=CC(NCC(O)COc2cccc(C)c2)=CC1OC.Cl. The molecule has 27 heavy (non-hydrogen) atoms. The summed E-state index contributed by atoms with van der Waals surface area (Å²) in [6, 6.07) is 7.74. The molecule has 0 aromatic heterocycles. The summed E-state index contributed by atoms with van der Waals surface area (Å²) < 4.78 is 22.4. The molecule has 1 aliphatic carbocycles. The molecule has 0 spiro atoms. The molecule has 0 saturated carbocycles. The normalized spacial score (nSPS) is 22.6. The molecule has 0 saturated heterocycles. The Labute approximate surface area is 167 Å². The lowest BCUT2D eigenvalue weighted by atomic mass is 10.0. The van der Waals surface area contributed by atoms with Crippen molar-refractivity contribution in [1.82, 2.24) is 5.32 Å². The number of hydrogen-bond donors (Lipinski definition) is 2. The van der Waals surface area contributed by atoms with E-state index < -0.39 is 11.9 Å². The zero-order chi connectivity index (χ0) is 19.0. The van der Waals surface area contributed by atoms with Crippen molar-refractivity contribution < 1.29 is 24.1 Å². The monoisotopic (exact) mass is 399 g/mol. The number of aliphatic hydroxyl groups is 1. The molecule has 0 bridgehead atoms. The van der Waals surface area contributed by atoms with Gasteiger partial charge in [-0.05, 0) is 49.8 Å². The van der Waals surface area contributed by atoms with Gasteiger partial charge in [0.05, 0.1) is 0 Å². The average molecular weight is 400 g/mol. The summed E-state index contributed by atoms with van der Waals surface area (Å²) in [6.07, 6.45) is 4.53. The fourth-order valence-corrected chi connectivity index (χ4v) is 2.78. The molecule has 3 unspecified atom stereocenters. The van der Waals surface area contributed by atoms with E-state index in [-0.39, 0.29) is 25.1 Å². The Morgan fingerprint density at radius 3 is 2.70 bits per heavy atom. The van der Waals surface area contributed by atoms with Crippen LogP contribution in [0.3, 0.4) is 0 Å². The van der Waals surface area contributed by atoms with Crippen molar-refractivity contribution in [2.45, 2.75) is 31.8 Å². The van der Waals surface area contributed by atoms with Crippen molar-refractivity contribution in [3.8, 4) is 5.75 Å². The van der Waals surface area contributed by atoms with Crippen molar-refractivity contribution in [1.29, 1.82) is 0 Å². The van der Waals surface area contributed by atoms with Crippen molar-refractivity contribution in [3.63, 3.8) is 0 Å². The van der Waals surface area contributed by atoms with E-state index >= 15 is 0 Å². The minimum absolute atomic E-state index is 0. The molecule has 1 aromatic rings. The highest BCUT2D eigenvalue weighted by atomic mass is 35.5. The van der Waals surface area contributed by atoms with Crippen molar-refractivity contribution in [2.24, 2.45) is 0 Å². The first-order chi connectivity index (χ1) is 12.5. The second-order valence-electron chi connectivity index (χ2n) is 6.13. The van der Waals surface area contributed by atoms with Crippen LogP contribution in [0.1, 0.15) is 12.5 Å². The molecule has 3 atom stereocenters. The van der Waals surface area contributed by atoms with Crippen molar-refractivity contribution in [2.75, 3.05) is 34.0 Å². The van der Waals surface area contributed by atoms with Crippen LogP contribution in [0.4, 0.5) is 0 Å². The molecule has 0 amide bonds. The number of nitrogens with one attached hydrogen (secondary N) is 1. The Morgan fingerprint density at radius 1 is 1.30 bits per heavy atom. The summed E-state index contributed by atoms with van der Waals surface area (Å²) in [5, 5.41) is 13.3. The number of allylic oxidation sites excluding steroid dienone is 1. The van der Waals surface area contributed by atoms with E-state index in [1.54, 1.807) is 14.2 Å². The molecule has 0 radical (unpaired) electrons. The Morgan fingerprint density at radius 2 is 2.07 bits per heavy atom. The molecule has 1 aromatic carbocycles. The van der Waals surface area contributed by atoms with Gasteiger partial charge in [-0.1, -0.05) is 12.1 Å². The molecule has 2 rings (SSSR count). The third-order valence-corrected chi connectivity index (χ3v) is 4.14. The number of aryl methyl sites for hydroxylation is 1. The predicted molar refractivity (Wildman–Crippen MR) is 107 cm³/mol. The summed E-state index contributed by atoms with van der Waals surface area (Å²) in [5.41, 5.74) is 1.95. The summed E-state index contributed by atoms with van der Waals surface area (Å²) in [6.45, 7) is 4.98. The molecule has 0 aliphatic heterocycles. The molecule has 0 heterocycles. The van der Waals surface area contributed by atoms with Crippen LogP contribution >= 0.6 is 12.4 Å². The van der Waals surface area contributed by atoms with Gasteiger partial charge in [-0.25, -0.2) is 0 Å². The van der Waals surface area contributed by atoms with E-state index in [1.165, 1.54) is 0 Å². The summed E-state index contributed by atoms with van der Waals surface area (Å²) >= 11 is 0. The lowest BCUT2D eigenvalue weighted by Gasteiger charge is -2.36. The van der Waals surface area contributed by atoms with Gasteiger partial charge in [0.25, 0.3) is 0 Å². The van der Waals surface area contributed by atoms with Crippen LogP contribution in [0.25, 0.3) is 0 Å². The van der Waals surface area contributed by atoms with Crippen LogP contribution in [0, 0.1) is 6.92 Å². The minimum Gasteiger partial charge on any atom is -0.491 e. The highest BCUT2D eigenvalue weighted by Gasteiger charge is 2.39. The smallest absolute Gasteiger partial charge is 0.218 e. The molecular weight excluding hydrogens is 370 g/mol. The number of halogens is 1. The number of aliphatic hydroxyl groups excluding tert-OH is 1. The predicted octanol–water partition coefficient (Wildman–Crippen LogP) is 2.59. The van der Waals surface area contributed by atoms with Crippen LogP contribution in [-0.2, 0) is 14.2 Å². The lowest BCUT2D eigenvalue weighted by molar-refractivity contribution is -0.232. The molecule has 6 nitrogen and oxygen atoms in total. The molecule has 152 valence electrons. The number of rotatable bonds is 10. The second kappa shape index (κ2) is 11.3. The van der Waals surface area contributed by atoms with Gasteiger partial charge in [-0.3, -0.25) is 0 Å². The van der Waals surface area contributed by atoms with Gasteiger partial charge in [-0.2, -0.15) is 0 Å². The maximum Gasteiger partial charge on any atom is 0.218 e. The van der Waals surface area contributed by atoms with E-state index in [1.807, 2.05) is 56.3 Å². The largest absolute Gasteiger partial charge is 0.491 e. The third-order valence-electron chi connectivity index (χ3n) is 4.14. The molecule has 1 aliphatic rings. The standard InChI is InChI=1S/C20H29NO5.ClH/c1-5-26-20(24-4)10-9-16(12-19(20)23-3)21-13-17(22)14-25-18-8-6-7-15(2)11-18;/h6-12,17,19,21-22H,5,13-14H2,1-4H3;1H. The van der Waals surface area contributed by atoms with Crippen molar-refractivity contribution in [3.05, 3.63) is 53.8 Å². The van der Waals surface area contributed by atoms with Crippen LogP contribution in [0.15, 0.2) is 48.2 Å². The van der Waals surface area contributed by atoms with Crippen LogP contribution < -0.4 is 10.1 Å². The summed E-state index contributed by atoms with van der Waals surface area (Å²) in [7, 11) is 3.19. The van der Waals surface area contributed by atoms with Crippen LogP contribution in [-0.4, -0.2) is 57.1 Å². The zero-order valence-electron chi connectivity index (χ0n) is 16.3. The van der Waals surface area contributed by atoms with E-state index in [2.05, 4.69) is 5.32 Å².